The minimum atomic E-state index is -0.0958. The van der Waals surface area contributed by atoms with Crippen molar-refractivity contribution in [1.82, 2.24) is 19.3 Å². The van der Waals surface area contributed by atoms with Gasteiger partial charge in [-0.2, -0.15) is 5.10 Å². The number of methoxy groups -OCH3 is 1. The van der Waals surface area contributed by atoms with E-state index in [0.717, 1.165) is 5.69 Å². The summed E-state index contributed by atoms with van der Waals surface area (Å²) in [5.74, 6) is 0. The molecule has 0 aliphatic rings. The molecule has 2 aromatic heterocycles. The van der Waals surface area contributed by atoms with Gasteiger partial charge in [0, 0.05) is 43.7 Å². The smallest absolute Gasteiger partial charge is 0.299 e. The third-order valence-electron chi connectivity index (χ3n) is 2.80. The molecule has 6 nitrogen and oxygen atoms in total. The van der Waals surface area contributed by atoms with Crippen LogP contribution in [0.1, 0.15) is 11.4 Å². The first-order valence-electron chi connectivity index (χ1n) is 5.71. The molecule has 2 rings (SSSR count). The summed E-state index contributed by atoms with van der Waals surface area (Å²) in [6.07, 6.45) is 2.44. The highest BCUT2D eigenvalue weighted by Crippen LogP contribution is 2.06. The molecule has 2 aromatic rings. The van der Waals surface area contributed by atoms with Crippen molar-refractivity contribution < 1.29 is 4.74 Å². The molecule has 6 heteroatoms. The van der Waals surface area contributed by atoms with E-state index in [1.54, 1.807) is 17.8 Å². The Labute approximate surface area is 105 Å². The Hall–Kier alpha value is -2.11. The fourth-order valence-electron chi connectivity index (χ4n) is 1.83. The Morgan fingerprint density at radius 1 is 1.44 bits per heavy atom. The van der Waals surface area contributed by atoms with Gasteiger partial charge in [0.25, 0.3) is 11.6 Å². The van der Waals surface area contributed by atoms with E-state index in [0.29, 0.717) is 24.7 Å². The van der Waals surface area contributed by atoms with Crippen LogP contribution in [0.5, 0.6) is 6.01 Å². The Balaban J connectivity index is 2.24. The third-order valence-corrected chi connectivity index (χ3v) is 2.80. The van der Waals surface area contributed by atoms with Crippen LogP contribution < -0.4 is 10.3 Å². The lowest BCUT2D eigenvalue weighted by molar-refractivity contribution is 0.343. The zero-order valence-electron chi connectivity index (χ0n) is 10.8. The fraction of sp³-hybridized carbons (Fsp3) is 0.417. The van der Waals surface area contributed by atoms with Crippen molar-refractivity contribution in [2.24, 2.45) is 7.05 Å². The van der Waals surface area contributed by atoms with Crippen molar-refractivity contribution >= 4 is 0 Å². The number of hydrogen-bond donors (Lipinski definition) is 0. The Bertz CT molecular complexity index is 600. The maximum Gasteiger partial charge on any atom is 0.299 e. The first-order valence-corrected chi connectivity index (χ1v) is 5.71. The van der Waals surface area contributed by atoms with Gasteiger partial charge in [0.2, 0.25) is 0 Å². The lowest BCUT2D eigenvalue weighted by Gasteiger charge is -2.10. The molecule has 0 amide bonds. The second-order valence-corrected chi connectivity index (χ2v) is 4.07. The van der Waals surface area contributed by atoms with Gasteiger partial charge in [0.15, 0.2) is 0 Å². The summed E-state index contributed by atoms with van der Waals surface area (Å²) in [4.78, 5) is 16.1. The predicted octanol–water partition coefficient (Wildman–Crippen LogP) is 0.537. The number of aromatic nitrogens is 4. The summed E-state index contributed by atoms with van der Waals surface area (Å²) in [6, 6.07) is 3.78. The van der Waals surface area contributed by atoms with Crippen LogP contribution in [0.25, 0.3) is 0 Å². The Morgan fingerprint density at radius 3 is 2.83 bits per heavy atom. The van der Waals surface area contributed by atoms with Crippen molar-refractivity contribution in [2.75, 3.05) is 7.11 Å². The lowest BCUT2D eigenvalue weighted by Crippen LogP contribution is -2.24. The molecule has 0 radical (unpaired) electrons. The van der Waals surface area contributed by atoms with E-state index in [1.165, 1.54) is 17.7 Å². The van der Waals surface area contributed by atoms with Crippen LogP contribution in [0.15, 0.2) is 23.1 Å². The van der Waals surface area contributed by atoms with E-state index in [9.17, 15) is 4.79 Å². The van der Waals surface area contributed by atoms with E-state index in [1.807, 2.05) is 13.1 Å². The van der Waals surface area contributed by atoms with Crippen molar-refractivity contribution in [2.45, 2.75) is 19.9 Å². The number of ether oxygens (including phenoxy) is 1. The molecule has 0 bridgehead atoms. The first kappa shape index (κ1) is 12.3. The largest absolute Gasteiger partial charge is 0.468 e. The summed E-state index contributed by atoms with van der Waals surface area (Å²) < 4.78 is 8.46. The molecule has 0 spiro atoms. The van der Waals surface area contributed by atoms with Gasteiger partial charge < -0.3 is 4.74 Å². The normalized spacial score (nSPS) is 10.6. The van der Waals surface area contributed by atoms with Crippen molar-refractivity contribution in [3.63, 3.8) is 0 Å². The summed E-state index contributed by atoms with van der Waals surface area (Å²) >= 11 is 0. The molecule has 0 aliphatic carbocycles. The molecular weight excluding hydrogens is 232 g/mol. The lowest BCUT2D eigenvalue weighted by atomic mass is 10.3. The topological polar surface area (TPSA) is 61.9 Å². The van der Waals surface area contributed by atoms with E-state index in [4.69, 9.17) is 4.74 Å². The molecular formula is C12H16N4O2. The maximum absolute atomic E-state index is 11.9. The van der Waals surface area contributed by atoms with Crippen LogP contribution >= 0.6 is 0 Å². The second-order valence-electron chi connectivity index (χ2n) is 4.07. The van der Waals surface area contributed by atoms with Gasteiger partial charge in [-0.05, 0) is 13.0 Å². The van der Waals surface area contributed by atoms with Crippen LogP contribution in [-0.4, -0.2) is 26.4 Å². The minimum absolute atomic E-state index is 0.0958. The van der Waals surface area contributed by atoms with Crippen molar-refractivity contribution in [3.8, 4) is 6.01 Å². The van der Waals surface area contributed by atoms with E-state index >= 15 is 0 Å². The molecule has 0 atom stereocenters. The molecule has 0 N–H and O–H groups in total. The van der Waals surface area contributed by atoms with Gasteiger partial charge >= 0.3 is 0 Å². The van der Waals surface area contributed by atoms with Crippen molar-refractivity contribution in [3.05, 3.63) is 40.1 Å². The molecule has 0 unspecified atom stereocenters. The molecule has 0 fully saturated rings. The van der Waals surface area contributed by atoms with E-state index in [2.05, 4.69) is 10.1 Å². The summed E-state index contributed by atoms with van der Waals surface area (Å²) in [5.41, 5.74) is 1.62. The molecule has 0 aliphatic heterocycles. The summed E-state index contributed by atoms with van der Waals surface area (Å²) in [5, 5.41) is 4.09. The highest BCUT2D eigenvalue weighted by molar-refractivity contribution is 5.08. The van der Waals surface area contributed by atoms with Gasteiger partial charge in [0.1, 0.15) is 0 Å². The number of rotatable bonds is 4. The Morgan fingerprint density at radius 2 is 2.22 bits per heavy atom. The van der Waals surface area contributed by atoms with Gasteiger partial charge in [-0.1, -0.05) is 0 Å². The van der Waals surface area contributed by atoms with Crippen LogP contribution in [0, 0.1) is 6.92 Å². The SMILES string of the molecule is COc1nc(C)cc(=O)n1CCc1ccnn1C. The average Bonchev–Trinajstić information content (AvgIpc) is 2.73. The van der Waals surface area contributed by atoms with Crippen LogP contribution in [0.4, 0.5) is 0 Å². The number of nitrogens with zero attached hydrogens (tertiary/aromatic N) is 4. The maximum atomic E-state index is 11.9. The zero-order chi connectivity index (χ0) is 13.1. The van der Waals surface area contributed by atoms with Crippen LogP contribution in [0.2, 0.25) is 0 Å². The van der Waals surface area contributed by atoms with Crippen molar-refractivity contribution in [1.29, 1.82) is 0 Å². The summed E-state index contributed by atoms with van der Waals surface area (Å²) in [7, 11) is 3.39. The molecule has 18 heavy (non-hydrogen) atoms. The molecule has 96 valence electrons. The van der Waals surface area contributed by atoms with E-state index < -0.39 is 0 Å². The van der Waals surface area contributed by atoms with Gasteiger partial charge in [-0.25, -0.2) is 4.98 Å². The zero-order valence-corrected chi connectivity index (χ0v) is 10.8. The quantitative estimate of drug-likeness (QED) is 0.792. The summed E-state index contributed by atoms with van der Waals surface area (Å²) in [6.45, 7) is 2.30. The predicted molar refractivity (Wildman–Crippen MR) is 66.7 cm³/mol. The average molecular weight is 248 g/mol. The number of hydrogen-bond acceptors (Lipinski definition) is 4. The molecule has 0 saturated heterocycles. The van der Waals surface area contributed by atoms with Gasteiger partial charge in [0.05, 0.1) is 7.11 Å². The molecule has 0 aromatic carbocycles. The molecule has 0 saturated carbocycles. The highest BCUT2D eigenvalue weighted by Gasteiger charge is 2.08. The molecule has 2 heterocycles. The standard InChI is InChI=1S/C12H16N4O2/c1-9-8-11(17)16(12(14-9)18-3)7-5-10-4-6-13-15(10)2/h4,6,8H,5,7H2,1-3H3. The first-order chi connectivity index (χ1) is 8.61. The van der Waals surface area contributed by atoms with Gasteiger partial charge in [-0.15, -0.1) is 0 Å². The van der Waals surface area contributed by atoms with Crippen LogP contribution in [-0.2, 0) is 20.0 Å². The monoisotopic (exact) mass is 248 g/mol. The Kier molecular flexibility index (Phi) is 3.45. The number of aryl methyl sites for hydroxylation is 3. The van der Waals surface area contributed by atoms with Gasteiger partial charge in [-0.3, -0.25) is 14.0 Å². The van der Waals surface area contributed by atoms with E-state index in [-0.39, 0.29) is 5.56 Å². The highest BCUT2D eigenvalue weighted by atomic mass is 16.5. The fourth-order valence-corrected chi connectivity index (χ4v) is 1.83. The van der Waals surface area contributed by atoms with Crippen LogP contribution in [0.3, 0.4) is 0 Å². The third kappa shape index (κ3) is 2.42. The second kappa shape index (κ2) is 5.03. The minimum Gasteiger partial charge on any atom is -0.468 e.